The number of furan rings is 1. The topological polar surface area (TPSA) is 117 Å². The summed E-state index contributed by atoms with van der Waals surface area (Å²) in [6, 6.07) is 15.0. The van der Waals surface area contributed by atoms with E-state index >= 15 is 0 Å². The molecular formula is C24H22FN3O6S. The Balaban J connectivity index is 1.55. The van der Waals surface area contributed by atoms with Gasteiger partial charge in [-0.05, 0) is 48.5 Å². The largest absolute Gasteiger partial charge is 0.459 e. The Morgan fingerprint density at radius 3 is 2.09 bits per heavy atom. The Morgan fingerprint density at radius 2 is 1.49 bits per heavy atom. The molecule has 11 heteroatoms. The van der Waals surface area contributed by atoms with Crippen LogP contribution < -0.4 is 5.32 Å². The van der Waals surface area contributed by atoms with Gasteiger partial charge in [0.15, 0.2) is 5.76 Å². The molecule has 4 rings (SSSR count). The maximum absolute atomic E-state index is 13.4. The number of rotatable bonds is 6. The zero-order chi connectivity index (χ0) is 25.0. The normalized spacial score (nSPS) is 14.9. The third kappa shape index (κ3) is 5.24. The van der Waals surface area contributed by atoms with Gasteiger partial charge in [0.05, 0.1) is 11.2 Å². The molecule has 2 aromatic carbocycles. The van der Waals surface area contributed by atoms with Gasteiger partial charge in [-0.25, -0.2) is 12.8 Å². The van der Waals surface area contributed by atoms with Gasteiger partial charge in [-0.3, -0.25) is 14.4 Å². The summed E-state index contributed by atoms with van der Waals surface area (Å²) < 4.78 is 45.1. The van der Waals surface area contributed by atoms with Crippen LogP contribution in [0.25, 0.3) is 0 Å². The van der Waals surface area contributed by atoms with Gasteiger partial charge in [0.1, 0.15) is 5.82 Å². The van der Waals surface area contributed by atoms with Crippen molar-refractivity contribution in [1.82, 2.24) is 15.1 Å². The summed E-state index contributed by atoms with van der Waals surface area (Å²) in [5.74, 6) is -2.39. The minimum Gasteiger partial charge on any atom is -0.459 e. The van der Waals surface area contributed by atoms with E-state index in [1.54, 1.807) is 12.1 Å². The van der Waals surface area contributed by atoms with Crippen LogP contribution >= 0.6 is 0 Å². The molecule has 0 unspecified atom stereocenters. The van der Waals surface area contributed by atoms with Gasteiger partial charge in [-0.2, -0.15) is 0 Å². The van der Waals surface area contributed by atoms with Crippen molar-refractivity contribution in [3.63, 3.8) is 0 Å². The van der Waals surface area contributed by atoms with Crippen molar-refractivity contribution in [2.24, 2.45) is 0 Å². The molecule has 1 fully saturated rings. The standard InChI is InChI=1S/C24H22FN3O6S/c25-18-10-8-17(9-11-18)21(29)26-22(35(32,33)19-5-2-1-3-6-19)24(31)28-14-12-27(13-15-28)23(30)20-7-4-16-34-20/h1-11,16,22H,12-15H2,(H,26,29)/t22-/m0/s1. The van der Waals surface area contributed by atoms with E-state index in [1.807, 2.05) is 0 Å². The van der Waals surface area contributed by atoms with E-state index in [-0.39, 0.29) is 48.3 Å². The van der Waals surface area contributed by atoms with Gasteiger partial charge >= 0.3 is 0 Å². The molecule has 1 aliphatic heterocycles. The summed E-state index contributed by atoms with van der Waals surface area (Å²) in [5, 5.41) is 0.401. The molecule has 182 valence electrons. The predicted octanol–water partition coefficient (Wildman–Crippen LogP) is 1.93. The van der Waals surface area contributed by atoms with E-state index in [1.165, 1.54) is 58.5 Å². The number of piperazine rings is 1. The lowest BCUT2D eigenvalue weighted by Gasteiger charge is -2.36. The number of nitrogens with one attached hydrogen (secondary N) is 1. The van der Waals surface area contributed by atoms with Crippen LogP contribution in [0.2, 0.25) is 0 Å². The molecule has 0 bridgehead atoms. The Kier molecular flexibility index (Phi) is 6.97. The van der Waals surface area contributed by atoms with Crippen LogP contribution in [0.15, 0.2) is 82.3 Å². The van der Waals surface area contributed by atoms with E-state index in [9.17, 15) is 27.2 Å². The number of halogens is 1. The molecule has 1 N–H and O–H groups in total. The number of amides is 3. The molecule has 0 radical (unpaired) electrons. The fourth-order valence-corrected chi connectivity index (χ4v) is 5.16. The number of benzene rings is 2. The summed E-state index contributed by atoms with van der Waals surface area (Å²) in [6.45, 7) is 0.460. The van der Waals surface area contributed by atoms with E-state index in [0.717, 1.165) is 12.1 Å². The molecule has 1 aromatic heterocycles. The first-order valence-electron chi connectivity index (χ1n) is 10.7. The highest BCUT2D eigenvalue weighted by Gasteiger charge is 2.39. The molecular weight excluding hydrogens is 477 g/mol. The molecule has 9 nitrogen and oxygen atoms in total. The molecule has 3 amide bonds. The highest BCUT2D eigenvalue weighted by atomic mass is 32.2. The molecule has 35 heavy (non-hydrogen) atoms. The van der Waals surface area contributed by atoms with Gasteiger partial charge in [-0.15, -0.1) is 0 Å². The monoisotopic (exact) mass is 499 g/mol. The van der Waals surface area contributed by atoms with Crippen molar-refractivity contribution in [3.05, 3.63) is 90.1 Å². The smallest absolute Gasteiger partial charge is 0.289 e. The van der Waals surface area contributed by atoms with Crippen molar-refractivity contribution in [3.8, 4) is 0 Å². The lowest BCUT2D eigenvalue weighted by molar-refractivity contribution is -0.132. The maximum Gasteiger partial charge on any atom is 0.289 e. The van der Waals surface area contributed by atoms with Crippen LogP contribution in [0.5, 0.6) is 0 Å². The predicted molar refractivity (Wildman–Crippen MR) is 122 cm³/mol. The van der Waals surface area contributed by atoms with Crippen LogP contribution in [0, 0.1) is 5.82 Å². The molecule has 1 aliphatic rings. The average Bonchev–Trinajstić information content (AvgIpc) is 3.42. The minimum atomic E-state index is -4.32. The van der Waals surface area contributed by atoms with E-state index in [4.69, 9.17) is 4.42 Å². The second kappa shape index (κ2) is 10.1. The van der Waals surface area contributed by atoms with Crippen molar-refractivity contribution in [2.75, 3.05) is 26.2 Å². The van der Waals surface area contributed by atoms with E-state index in [2.05, 4.69) is 5.32 Å². The molecule has 0 saturated carbocycles. The Hall–Kier alpha value is -3.99. The first-order valence-corrected chi connectivity index (χ1v) is 12.3. The molecule has 2 heterocycles. The van der Waals surface area contributed by atoms with E-state index in [0.29, 0.717) is 0 Å². The number of carbonyl (C=O) groups excluding carboxylic acids is 3. The summed E-state index contributed by atoms with van der Waals surface area (Å²) >= 11 is 0. The van der Waals surface area contributed by atoms with Crippen molar-refractivity contribution in [1.29, 1.82) is 0 Å². The average molecular weight is 500 g/mol. The molecule has 0 spiro atoms. The van der Waals surface area contributed by atoms with Crippen LogP contribution in [-0.2, 0) is 14.6 Å². The third-order valence-electron chi connectivity index (χ3n) is 5.59. The van der Waals surface area contributed by atoms with Crippen LogP contribution in [0.1, 0.15) is 20.9 Å². The number of nitrogens with zero attached hydrogens (tertiary/aromatic N) is 2. The zero-order valence-electron chi connectivity index (χ0n) is 18.5. The van der Waals surface area contributed by atoms with E-state index < -0.39 is 32.8 Å². The summed E-state index contributed by atoms with van der Waals surface area (Å²) in [4.78, 5) is 41.3. The first kappa shape index (κ1) is 24.1. The van der Waals surface area contributed by atoms with Gasteiger partial charge in [0, 0.05) is 31.7 Å². The van der Waals surface area contributed by atoms with Crippen molar-refractivity contribution < 1.29 is 31.6 Å². The third-order valence-corrected chi connectivity index (χ3v) is 7.45. The summed E-state index contributed by atoms with van der Waals surface area (Å²) in [7, 11) is -4.32. The van der Waals surface area contributed by atoms with Gasteiger partial charge in [0.2, 0.25) is 15.2 Å². The number of hydrogen-bond acceptors (Lipinski definition) is 6. The number of sulfone groups is 1. The first-order chi connectivity index (χ1) is 16.8. The molecule has 1 atom stereocenters. The lowest BCUT2D eigenvalue weighted by Crippen LogP contribution is -2.57. The Bertz CT molecular complexity index is 1300. The van der Waals surface area contributed by atoms with Crippen LogP contribution in [-0.4, -0.2) is 67.5 Å². The molecule has 3 aromatic rings. The van der Waals surface area contributed by atoms with Gasteiger partial charge in [-0.1, -0.05) is 18.2 Å². The second-order valence-corrected chi connectivity index (χ2v) is 9.85. The second-order valence-electron chi connectivity index (χ2n) is 7.81. The highest BCUT2D eigenvalue weighted by molar-refractivity contribution is 7.92. The van der Waals surface area contributed by atoms with Crippen LogP contribution in [0.4, 0.5) is 4.39 Å². The Morgan fingerprint density at radius 1 is 0.857 bits per heavy atom. The zero-order valence-corrected chi connectivity index (χ0v) is 19.3. The fourth-order valence-electron chi connectivity index (χ4n) is 3.67. The van der Waals surface area contributed by atoms with Gasteiger partial charge < -0.3 is 19.5 Å². The van der Waals surface area contributed by atoms with Crippen molar-refractivity contribution >= 4 is 27.6 Å². The minimum absolute atomic E-state index is 0.00123. The lowest BCUT2D eigenvalue weighted by atomic mass is 10.2. The summed E-state index contributed by atoms with van der Waals surface area (Å²) in [5.41, 5.74) is 0.00123. The number of hydrogen-bond donors (Lipinski definition) is 1. The quantitative estimate of drug-likeness (QED) is 0.554. The van der Waals surface area contributed by atoms with Gasteiger partial charge in [0.25, 0.3) is 17.7 Å². The SMILES string of the molecule is O=C(N[C@H](C(=O)N1CCN(C(=O)c2ccco2)CC1)S(=O)(=O)c1ccccc1)c1ccc(F)cc1. The molecule has 0 aliphatic carbocycles. The van der Waals surface area contributed by atoms with Crippen LogP contribution in [0.3, 0.4) is 0 Å². The highest BCUT2D eigenvalue weighted by Crippen LogP contribution is 2.19. The van der Waals surface area contributed by atoms with Crippen molar-refractivity contribution in [2.45, 2.75) is 10.3 Å². The fraction of sp³-hybridized carbons (Fsp3) is 0.208. The maximum atomic E-state index is 13.4. The molecule has 1 saturated heterocycles. The number of carbonyl (C=O) groups is 3. The Labute approximate surface area is 201 Å². The summed E-state index contributed by atoms with van der Waals surface area (Å²) in [6.07, 6.45) is 1.38.